The van der Waals surface area contributed by atoms with Crippen LogP contribution in [0.2, 0.25) is 0 Å². The smallest absolute Gasteiger partial charge is 0.115 e. The molecule has 0 spiro atoms. The Kier molecular flexibility index (Phi) is 3.74. The van der Waals surface area contributed by atoms with E-state index in [1.807, 2.05) is 24.7 Å². The van der Waals surface area contributed by atoms with Gasteiger partial charge in [-0.2, -0.15) is 0 Å². The summed E-state index contributed by atoms with van der Waals surface area (Å²) in [5.41, 5.74) is 1.21. The molecule has 0 aliphatic heterocycles. The molecule has 20 heavy (non-hydrogen) atoms. The molecule has 1 fully saturated rings. The molecule has 1 heterocycles. The number of phenols is 1. The number of nitrogens with one attached hydrogen (secondary N) is 1. The largest absolute Gasteiger partial charge is 0.508 e. The number of imidazole rings is 1. The first-order valence-corrected chi connectivity index (χ1v) is 7.26. The van der Waals surface area contributed by atoms with Crippen molar-refractivity contribution in [3.8, 4) is 5.75 Å². The normalized spacial score (nSPS) is 23.9. The van der Waals surface area contributed by atoms with Crippen molar-refractivity contribution in [1.82, 2.24) is 14.9 Å². The monoisotopic (exact) mass is 271 g/mol. The van der Waals surface area contributed by atoms with Crippen LogP contribution >= 0.6 is 0 Å². The van der Waals surface area contributed by atoms with Gasteiger partial charge in [0.15, 0.2) is 0 Å². The molecule has 2 aromatic rings. The molecule has 1 saturated carbocycles. The fourth-order valence-electron chi connectivity index (χ4n) is 3.14. The Balaban J connectivity index is 1.68. The molecular weight excluding hydrogens is 250 g/mol. The Morgan fingerprint density at radius 1 is 1.30 bits per heavy atom. The van der Waals surface area contributed by atoms with Crippen LogP contribution in [-0.4, -0.2) is 20.7 Å². The number of aromatic hydroxyl groups is 1. The highest BCUT2D eigenvalue weighted by Gasteiger charge is 2.29. The van der Waals surface area contributed by atoms with Crippen LogP contribution in [0.25, 0.3) is 0 Å². The van der Waals surface area contributed by atoms with E-state index in [9.17, 15) is 5.11 Å². The third-order valence-corrected chi connectivity index (χ3v) is 4.24. The topological polar surface area (TPSA) is 50.1 Å². The predicted octanol–water partition coefficient (Wildman–Crippen LogP) is 3.03. The zero-order chi connectivity index (χ0) is 13.9. The zero-order valence-electron chi connectivity index (χ0n) is 11.7. The van der Waals surface area contributed by atoms with Gasteiger partial charge in [0, 0.05) is 30.5 Å². The van der Waals surface area contributed by atoms with E-state index in [4.69, 9.17) is 0 Å². The first kappa shape index (κ1) is 13.2. The number of hydrogen-bond donors (Lipinski definition) is 2. The van der Waals surface area contributed by atoms with Crippen LogP contribution in [0.5, 0.6) is 5.75 Å². The first-order valence-electron chi connectivity index (χ1n) is 7.26. The van der Waals surface area contributed by atoms with Crippen LogP contribution in [0.1, 0.15) is 43.8 Å². The van der Waals surface area contributed by atoms with Gasteiger partial charge in [0.25, 0.3) is 0 Å². The fourth-order valence-corrected chi connectivity index (χ4v) is 3.14. The number of hydrogen-bond acceptors (Lipinski definition) is 3. The van der Waals surface area contributed by atoms with Crippen LogP contribution in [0.4, 0.5) is 0 Å². The molecule has 0 saturated heterocycles. The van der Waals surface area contributed by atoms with E-state index < -0.39 is 0 Å². The van der Waals surface area contributed by atoms with Crippen LogP contribution in [0, 0.1) is 0 Å². The number of phenolic OH excluding ortho intramolecular Hbond substituents is 1. The van der Waals surface area contributed by atoms with Crippen molar-refractivity contribution in [3.05, 3.63) is 48.5 Å². The molecule has 0 radical (unpaired) electrons. The van der Waals surface area contributed by atoms with Gasteiger partial charge in [-0.25, -0.2) is 4.98 Å². The van der Waals surface area contributed by atoms with E-state index in [0.29, 0.717) is 17.8 Å². The van der Waals surface area contributed by atoms with E-state index in [0.717, 1.165) is 0 Å². The van der Waals surface area contributed by atoms with Gasteiger partial charge >= 0.3 is 0 Å². The predicted molar refractivity (Wildman–Crippen MR) is 78.6 cm³/mol. The lowest BCUT2D eigenvalue weighted by Gasteiger charge is -2.26. The van der Waals surface area contributed by atoms with Crippen LogP contribution < -0.4 is 5.32 Å². The minimum atomic E-state index is 0.282. The van der Waals surface area contributed by atoms with Crippen LogP contribution in [0.15, 0.2) is 43.0 Å². The van der Waals surface area contributed by atoms with E-state index >= 15 is 0 Å². The summed E-state index contributed by atoms with van der Waals surface area (Å²) in [6.07, 6.45) is 9.47. The Labute approximate surface area is 119 Å². The number of rotatable bonds is 4. The van der Waals surface area contributed by atoms with Gasteiger partial charge < -0.3 is 15.0 Å². The summed E-state index contributed by atoms with van der Waals surface area (Å²) < 4.78 is 2.22. The van der Waals surface area contributed by atoms with Gasteiger partial charge in [-0.05, 0) is 43.9 Å². The first-order chi connectivity index (χ1) is 9.74. The van der Waals surface area contributed by atoms with E-state index in [1.165, 1.54) is 24.8 Å². The molecular formula is C16H21N3O. The molecule has 3 unspecified atom stereocenters. The lowest BCUT2D eigenvalue weighted by atomic mass is 10.1. The fraction of sp³-hybridized carbons (Fsp3) is 0.438. The van der Waals surface area contributed by atoms with E-state index in [2.05, 4.69) is 28.0 Å². The Hall–Kier alpha value is -1.81. The van der Waals surface area contributed by atoms with Crippen molar-refractivity contribution in [1.29, 1.82) is 0 Å². The van der Waals surface area contributed by atoms with E-state index in [1.54, 1.807) is 12.1 Å². The highest BCUT2D eigenvalue weighted by molar-refractivity contribution is 5.27. The Morgan fingerprint density at radius 3 is 2.80 bits per heavy atom. The number of aromatic nitrogens is 2. The van der Waals surface area contributed by atoms with Gasteiger partial charge in [0.2, 0.25) is 0 Å². The van der Waals surface area contributed by atoms with Crippen molar-refractivity contribution in [2.45, 2.75) is 44.3 Å². The molecule has 4 heteroatoms. The Morgan fingerprint density at radius 2 is 2.10 bits per heavy atom. The molecule has 0 bridgehead atoms. The lowest BCUT2D eigenvalue weighted by Crippen LogP contribution is -2.35. The average Bonchev–Trinajstić information content (AvgIpc) is 3.09. The Bertz CT molecular complexity index is 535. The van der Waals surface area contributed by atoms with Gasteiger partial charge in [-0.3, -0.25) is 0 Å². The SMILES string of the molecule is CC(NC1CCCC1n1ccnc1)c1ccc(O)cc1. The maximum absolute atomic E-state index is 9.36. The molecule has 3 rings (SSSR count). The third kappa shape index (κ3) is 2.70. The van der Waals surface area contributed by atoms with Gasteiger partial charge in [-0.1, -0.05) is 12.1 Å². The lowest BCUT2D eigenvalue weighted by molar-refractivity contribution is 0.362. The summed E-state index contributed by atoms with van der Waals surface area (Å²) in [5, 5.41) is 13.1. The number of nitrogens with zero attached hydrogens (tertiary/aromatic N) is 2. The van der Waals surface area contributed by atoms with Gasteiger partial charge in [0.1, 0.15) is 5.75 Å². The second-order valence-corrected chi connectivity index (χ2v) is 5.59. The second-order valence-electron chi connectivity index (χ2n) is 5.59. The highest BCUT2D eigenvalue weighted by atomic mass is 16.3. The van der Waals surface area contributed by atoms with Crippen molar-refractivity contribution >= 4 is 0 Å². The summed E-state index contributed by atoms with van der Waals surface area (Å²) in [4.78, 5) is 4.16. The quantitative estimate of drug-likeness (QED) is 0.898. The van der Waals surface area contributed by atoms with Gasteiger partial charge in [-0.15, -0.1) is 0 Å². The van der Waals surface area contributed by atoms with Crippen molar-refractivity contribution < 1.29 is 5.11 Å². The van der Waals surface area contributed by atoms with Crippen molar-refractivity contribution in [3.63, 3.8) is 0 Å². The maximum Gasteiger partial charge on any atom is 0.115 e. The third-order valence-electron chi connectivity index (χ3n) is 4.24. The summed E-state index contributed by atoms with van der Waals surface area (Å²) >= 11 is 0. The minimum Gasteiger partial charge on any atom is -0.508 e. The van der Waals surface area contributed by atoms with Crippen LogP contribution in [0.3, 0.4) is 0 Å². The van der Waals surface area contributed by atoms with Crippen molar-refractivity contribution in [2.24, 2.45) is 0 Å². The minimum absolute atomic E-state index is 0.282. The molecule has 1 aromatic carbocycles. The van der Waals surface area contributed by atoms with Crippen molar-refractivity contribution in [2.75, 3.05) is 0 Å². The molecule has 106 valence electrons. The molecule has 1 aliphatic carbocycles. The van der Waals surface area contributed by atoms with Crippen LogP contribution in [-0.2, 0) is 0 Å². The summed E-state index contributed by atoms with van der Waals surface area (Å²) in [7, 11) is 0. The summed E-state index contributed by atoms with van der Waals surface area (Å²) in [6.45, 7) is 2.18. The molecule has 4 nitrogen and oxygen atoms in total. The number of benzene rings is 1. The summed E-state index contributed by atoms with van der Waals surface area (Å²) in [5.74, 6) is 0.318. The van der Waals surface area contributed by atoms with Gasteiger partial charge in [0.05, 0.1) is 6.33 Å². The highest BCUT2D eigenvalue weighted by Crippen LogP contribution is 2.31. The summed E-state index contributed by atoms with van der Waals surface area (Å²) in [6, 6.07) is 8.71. The standard InChI is InChI=1S/C16H21N3O/c1-12(13-5-7-14(20)8-6-13)18-15-3-2-4-16(15)19-10-9-17-11-19/h5-12,15-16,18,20H,2-4H2,1H3. The molecule has 3 atom stereocenters. The van der Waals surface area contributed by atoms with E-state index in [-0.39, 0.29) is 6.04 Å². The molecule has 1 aromatic heterocycles. The zero-order valence-corrected chi connectivity index (χ0v) is 11.7. The molecule has 1 aliphatic rings. The average molecular weight is 271 g/mol. The molecule has 0 amide bonds. The maximum atomic E-state index is 9.36. The molecule has 2 N–H and O–H groups in total. The second kappa shape index (κ2) is 5.67.